The van der Waals surface area contributed by atoms with E-state index in [-0.39, 0.29) is 0 Å². The number of nitrogen functional groups attached to an aromatic ring is 1. The lowest BCUT2D eigenvalue weighted by Crippen LogP contribution is -2.28. The van der Waals surface area contributed by atoms with Gasteiger partial charge in [0.15, 0.2) is 0 Å². The average Bonchev–Trinajstić information content (AvgIpc) is 2.63. The van der Waals surface area contributed by atoms with E-state index in [1.54, 1.807) is 6.20 Å². The Balaban J connectivity index is 1.76. The van der Waals surface area contributed by atoms with Crippen molar-refractivity contribution in [3.8, 4) is 0 Å². The van der Waals surface area contributed by atoms with Gasteiger partial charge < -0.3 is 11.1 Å². The topological polar surface area (TPSA) is 55.9 Å². The molecule has 1 aliphatic heterocycles. The summed E-state index contributed by atoms with van der Waals surface area (Å²) in [4.78, 5) is 0. The van der Waals surface area contributed by atoms with Crippen LogP contribution in [0.3, 0.4) is 0 Å². The Morgan fingerprint density at radius 3 is 2.93 bits per heavy atom. The standard InChI is InChI=1S/C10H18N4/c11-10-7-13-14(8-10)6-3-9-1-4-12-5-2-9/h7-9,12H,1-6,11H2. The summed E-state index contributed by atoms with van der Waals surface area (Å²) >= 11 is 0. The molecule has 0 bridgehead atoms. The lowest BCUT2D eigenvalue weighted by Gasteiger charge is -2.22. The SMILES string of the molecule is Nc1cnn(CCC2CCNCC2)c1. The third-order valence-electron chi connectivity index (χ3n) is 2.88. The minimum atomic E-state index is 0.760. The zero-order valence-electron chi connectivity index (χ0n) is 8.45. The molecule has 1 saturated heterocycles. The van der Waals surface area contributed by atoms with E-state index < -0.39 is 0 Å². The Morgan fingerprint density at radius 1 is 1.50 bits per heavy atom. The summed E-state index contributed by atoms with van der Waals surface area (Å²) in [5.41, 5.74) is 6.35. The molecule has 0 aliphatic carbocycles. The molecule has 0 saturated carbocycles. The van der Waals surface area contributed by atoms with Gasteiger partial charge in [-0.05, 0) is 38.3 Å². The lowest BCUT2D eigenvalue weighted by atomic mass is 9.95. The molecule has 14 heavy (non-hydrogen) atoms. The molecule has 78 valence electrons. The number of anilines is 1. The first kappa shape index (κ1) is 9.52. The van der Waals surface area contributed by atoms with E-state index in [1.165, 1.54) is 32.4 Å². The van der Waals surface area contributed by atoms with Crippen LogP contribution in [0.1, 0.15) is 19.3 Å². The molecule has 0 aromatic carbocycles. The van der Waals surface area contributed by atoms with E-state index in [0.29, 0.717) is 0 Å². The lowest BCUT2D eigenvalue weighted by molar-refractivity contribution is 0.332. The fourth-order valence-electron chi connectivity index (χ4n) is 1.99. The zero-order valence-corrected chi connectivity index (χ0v) is 8.45. The fourth-order valence-corrected chi connectivity index (χ4v) is 1.99. The van der Waals surface area contributed by atoms with Crippen molar-refractivity contribution in [2.24, 2.45) is 5.92 Å². The van der Waals surface area contributed by atoms with Gasteiger partial charge in [-0.2, -0.15) is 5.10 Å². The summed E-state index contributed by atoms with van der Waals surface area (Å²) < 4.78 is 1.94. The maximum Gasteiger partial charge on any atom is 0.0719 e. The van der Waals surface area contributed by atoms with Crippen LogP contribution in [0.5, 0.6) is 0 Å². The van der Waals surface area contributed by atoms with Crippen LogP contribution in [0.25, 0.3) is 0 Å². The Bertz CT molecular complexity index is 275. The Kier molecular flexibility index (Phi) is 3.03. The van der Waals surface area contributed by atoms with E-state index in [0.717, 1.165) is 18.2 Å². The molecule has 2 rings (SSSR count). The fraction of sp³-hybridized carbons (Fsp3) is 0.700. The maximum atomic E-state index is 5.59. The zero-order chi connectivity index (χ0) is 9.80. The van der Waals surface area contributed by atoms with Gasteiger partial charge in [-0.15, -0.1) is 0 Å². The highest BCUT2D eigenvalue weighted by molar-refractivity contribution is 5.30. The Morgan fingerprint density at radius 2 is 2.29 bits per heavy atom. The van der Waals surface area contributed by atoms with E-state index in [4.69, 9.17) is 5.73 Å². The van der Waals surface area contributed by atoms with Crippen LogP contribution in [-0.4, -0.2) is 22.9 Å². The molecule has 1 aromatic heterocycles. The van der Waals surface area contributed by atoms with Gasteiger partial charge in [-0.3, -0.25) is 4.68 Å². The average molecular weight is 194 g/mol. The molecule has 4 nitrogen and oxygen atoms in total. The number of nitrogens with two attached hydrogens (primary N) is 1. The number of hydrogen-bond donors (Lipinski definition) is 2. The van der Waals surface area contributed by atoms with Crippen LogP contribution >= 0.6 is 0 Å². The van der Waals surface area contributed by atoms with Crippen LogP contribution in [-0.2, 0) is 6.54 Å². The number of rotatable bonds is 3. The maximum absolute atomic E-state index is 5.59. The van der Waals surface area contributed by atoms with Crippen molar-refractivity contribution in [3.05, 3.63) is 12.4 Å². The first-order chi connectivity index (χ1) is 6.84. The van der Waals surface area contributed by atoms with E-state index in [1.807, 2.05) is 10.9 Å². The van der Waals surface area contributed by atoms with Gasteiger partial charge in [0.2, 0.25) is 0 Å². The van der Waals surface area contributed by atoms with Gasteiger partial charge >= 0.3 is 0 Å². The second-order valence-electron chi connectivity index (χ2n) is 4.02. The first-order valence-corrected chi connectivity index (χ1v) is 5.33. The summed E-state index contributed by atoms with van der Waals surface area (Å²) in [5.74, 6) is 0.863. The van der Waals surface area contributed by atoms with Gasteiger partial charge in [-0.25, -0.2) is 0 Å². The van der Waals surface area contributed by atoms with Crippen LogP contribution in [0, 0.1) is 5.92 Å². The van der Waals surface area contributed by atoms with E-state index in [9.17, 15) is 0 Å². The molecular formula is C10H18N4. The number of nitrogens with one attached hydrogen (secondary N) is 1. The van der Waals surface area contributed by atoms with Crippen molar-refractivity contribution in [3.63, 3.8) is 0 Å². The molecule has 0 unspecified atom stereocenters. The van der Waals surface area contributed by atoms with Gasteiger partial charge in [0.1, 0.15) is 0 Å². The highest BCUT2D eigenvalue weighted by Gasteiger charge is 2.12. The third kappa shape index (κ3) is 2.48. The third-order valence-corrected chi connectivity index (χ3v) is 2.88. The normalized spacial score (nSPS) is 18.6. The smallest absolute Gasteiger partial charge is 0.0719 e. The second kappa shape index (κ2) is 4.46. The van der Waals surface area contributed by atoms with Gasteiger partial charge in [0, 0.05) is 12.7 Å². The highest BCUT2D eigenvalue weighted by Crippen LogP contribution is 2.16. The van der Waals surface area contributed by atoms with E-state index in [2.05, 4.69) is 10.4 Å². The molecule has 0 atom stereocenters. The monoisotopic (exact) mass is 194 g/mol. The van der Waals surface area contributed by atoms with Crippen molar-refractivity contribution < 1.29 is 0 Å². The largest absolute Gasteiger partial charge is 0.396 e. The summed E-state index contributed by atoms with van der Waals surface area (Å²) in [6, 6.07) is 0. The summed E-state index contributed by atoms with van der Waals surface area (Å²) in [7, 11) is 0. The molecular weight excluding hydrogens is 176 g/mol. The minimum absolute atomic E-state index is 0.760. The van der Waals surface area contributed by atoms with Crippen LogP contribution in [0.4, 0.5) is 5.69 Å². The molecule has 1 aromatic rings. The van der Waals surface area contributed by atoms with Gasteiger partial charge in [0.25, 0.3) is 0 Å². The van der Waals surface area contributed by atoms with Crippen molar-refractivity contribution in [1.29, 1.82) is 0 Å². The van der Waals surface area contributed by atoms with Crippen molar-refractivity contribution in [2.45, 2.75) is 25.8 Å². The predicted molar refractivity (Wildman–Crippen MR) is 56.9 cm³/mol. The van der Waals surface area contributed by atoms with Crippen LogP contribution in [0.2, 0.25) is 0 Å². The van der Waals surface area contributed by atoms with Crippen LogP contribution in [0.15, 0.2) is 12.4 Å². The number of aryl methyl sites for hydroxylation is 1. The molecule has 4 heteroatoms. The molecule has 0 radical (unpaired) electrons. The quantitative estimate of drug-likeness (QED) is 0.750. The molecule has 1 fully saturated rings. The van der Waals surface area contributed by atoms with Crippen molar-refractivity contribution >= 4 is 5.69 Å². The molecule has 3 N–H and O–H groups in total. The first-order valence-electron chi connectivity index (χ1n) is 5.33. The van der Waals surface area contributed by atoms with E-state index >= 15 is 0 Å². The summed E-state index contributed by atoms with van der Waals surface area (Å²) in [6.45, 7) is 3.35. The summed E-state index contributed by atoms with van der Waals surface area (Å²) in [5, 5.41) is 7.55. The Hall–Kier alpha value is -1.03. The Labute approximate surface area is 84.5 Å². The van der Waals surface area contributed by atoms with Gasteiger partial charge in [0.05, 0.1) is 11.9 Å². The molecule has 0 spiro atoms. The second-order valence-corrected chi connectivity index (χ2v) is 4.02. The van der Waals surface area contributed by atoms with Crippen molar-refractivity contribution in [2.75, 3.05) is 18.8 Å². The predicted octanol–water partition coefficient (Wildman–Crippen LogP) is 0.855. The van der Waals surface area contributed by atoms with Gasteiger partial charge in [-0.1, -0.05) is 0 Å². The number of aromatic nitrogens is 2. The highest BCUT2D eigenvalue weighted by atomic mass is 15.3. The number of nitrogens with zero attached hydrogens (tertiary/aromatic N) is 2. The molecule has 0 amide bonds. The number of hydrogen-bond acceptors (Lipinski definition) is 3. The number of piperidine rings is 1. The summed E-state index contributed by atoms with van der Waals surface area (Å²) in [6.07, 6.45) is 7.44. The molecule has 1 aliphatic rings. The molecule has 2 heterocycles. The van der Waals surface area contributed by atoms with Crippen molar-refractivity contribution in [1.82, 2.24) is 15.1 Å². The minimum Gasteiger partial charge on any atom is -0.396 e. The van der Waals surface area contributed by atoms with Crippen LogP contribution < -0.4 is 11.1 Å².